The van der Waals surface area contributed by atoms with Gasteiger partial charge in [0.2, 0.25) is 10.0 Å². The van der Waals surface area contributed by atoms with Crippen LogP contribution in [0.1, 0.15) is 37.8 Å². The molecule has 4 rings (SSSR count). The van der Waals surface area contributed by atoms with Crippen LogP contribution in [0, 0.1) is 23.7 Å². The molecule has 1 aromatic carbocycles. The fraction of sp³-hybridized carbons (Fsp3) is 0.520. The van der Waals surface area contributed by atoms with E-state index in [0.29, 0.717) is 24.8 Å². The van der Waals surface area contributed by atoms with Crippen LogP contribution < -0.4 is 4.74 Å². The summed E-state index contributed by atoms with van der Waals surface area (Å²) in [7, 11) is -1.86. The average molecular weight is 485 g/mol. The Balaban J connectivity index is 1.66. The number of aliphatic hydroxyl groups excluding tert-OH is 1. The zero-order valence-electron chi connectivity index (χ0n) is 19.9. The number of aromatic nitrogens is 2. The van der Waals surface area contributed by atoms with Crippen molar-refractivity contribution in [3.63, 3.8) is 0 Å². The van der Waals surface area contributed by atoms with Gasteiger partial charge in [0.1, 0.15) is 23.1 Å². The predicted molar refractivity (Wildman–Crippen MR) is 128 cm³/mol. The number of hydrogen-bond acceptors (Lipinski definition) is 7. The number of sulfonamides is 1. The standard InChI is InChI=1S/C25H32N4O4S/c1-18-13-29(19(2)16-30)34(31,32)25-9-8-21(7-6-20-4-5-20)10-23(25)33-24(18)15-28(3)14-22-11-26-17-27-12-22/h8-12,17-20,24,30H,4-5,13-16H2,1-3H3/t18-,19+,24-/m0/s1. The number of aliphatic hydroxyl groups is 1. The molecule has 9 heteroatoms. The summed E-state index contributed by atoms with van der Waals surface area (Å²) in [5.41, 5.74) is 1.73. The zero-order chi connectivity index (χ0) is 24.3. The summed E-state index contributed by atoms with van der Waals surface area (Å²) in [5.74, 6) is 7.02. The van der Waals surface area contributed by atoms with E-state index in [1.165, 1.54) is 10.6 Å². The van der Waals surface area contributed by atoms with Crippen LogP contribution in [0.4, 0.5) is 0 Å². The lowest BCUT2D eigenvalue weighted by atomic mass is 10.0. The van der Waals surface area contributed by atoms with Crippen molar-refractivity contribution in [1.29, 1.82) is 0 Å². The highest BCUT2D eigenvalue weighted by Crippen LogP contribution is 2.34. The van der Waals surface area contributed by atoms with Crippen molar-refractivity contribution in [1.82, 2.24) is 19.2 Å². The first-order chi connectivity index (χ1) is 16.3. The van der Waals surface area contributed by atoms with Crippen LogP contribution in [0.25, 0.3) is 0 Å². The van der Waals surface area contributed by atoms with Crippen LogP contribution in [0.15, 0.2) is 41.8 Å². The largest absolute Gasteiger partial charge is 0.487 e. The maximum absolute atomic E-state index is 13.6. The summed E-state index contributed by atoms with van der Waals surface area (Å²) in [5, 5.41) is 9.79. The monoisotopic (exact) mass is 484 g/mol. The van der Waals surface area contributed by atoms with Gasteiger partial charge in [-0.2, -0.15) is 4.31 Å². The molecule has 2 heterocycles. The molecule has 0 unspecified atom stereocenters. The molecular formula is C25H32N4O4S. The van der Waals surface area contributed by atoms with Crippen molar-refractivity contribution < 1.29 is 18.3 Å². The van der Waals surface area contributed by atoms with E-state index in [4.69, 9.17) is 4.74 Å². The first kappa shape index (κ1) is 24.6. The van der Waals surface area contributed by atoms with E-state index < -0.39 is 16.1 Å². The van der Waals surface area contributed by atoms with Crippen molar-refractivity contribution in [3.05, 3.63) is 48.0 Å². The molecule has 1 fully saturated rings. The SMILES string of the molecule is C[C@H](CO)N1C[C@H](C)[C@H](CN(C)Cc2cncnc2)Oc2cc(C#CC3CC3)ccc2S1(=O)=O. The fourth-order valence-corrected chi connectivity index (χ4v) is 5.86. The summed E-state index contributed by atoms with van der Waals surface area (Å²) in [6.45, 7) is 4.92. The maximum Gasteiger partial charge on any atom is 0.247 e. The second-order valence-electron chi connectivity index (χ2n) is 9.39. The van der Waals surface area contributed by atoms with Crippen LogP contribution in [0.2, 0.25) is 0 Å². The normalized spacial score (nSPS) is 23.1. The molecule has 0 amide bonds. The van der Waals surface area contributed by atoms with Crippen LogP contribution in [0.3, 0.4) is 0 Å². The minimum Gasteiger partial charge on any atom is -0.487 e. The molecular weight excluding hydrogens is 452 g/mol. The van der Waals surface area contributed by atoms with Crippen LogP contribution >= 0.6 is 0 Å². The second-order valence-corrected chi connectivity index (χ2v) is 11.2. The van der Waals surface area contributed by atoms with E-state index in [0.717, 1.165) is 24.0 Å². The lowest BCUT2D eigenvalue weighted by Gasteiger charge is -2.37. The van der Waals surface area contributed by atoms with E-state index in [1.54, 1.807) is 37.5 Å². The number of rotatable bonds is 6. The highest BCUT2D eigenvalue weighted by molar-refractivity contribution is 7.89. The van der Waals surface area contributed by atoms with Gasteiger partial charge in [-0.3, -0.25) is 4.90 Å². The van der Waals surface area contributed by atoms with E-state index in [2.05, 4.69) is 26.7 Å². The van der Waals surface area contributed by atoms with Crippen LogP contribution in [-0.4, -0.2) is 71.6 Å². The molecule has 1 N–H and O–H groups in total. The second kappa shape index (κ2) is 10.4. The third-order valence-electron chi connectivity index (χ3n) is 6.22. The number of nitrogens with zero attached hydrogens (tertiary/aromatic N) is 4. The summed E-state index contributed by atoms with van der Waals surface area (Å²) in [6.07, 6.45) is 7.03. The van der Waals surface area contributed by atoms with Gasteiger partial charge in [0.15, 0.2) is 0 Å². The third-order valence-corrected chi connectivity index (χ3v) is 8.24. The molecule has 0 radical (unpaired) electrons. The lowest BCUT2D eigenvalue weighted by Crippen LogP contribution is -2.49. The van der Waals surface area contributed by atoms with Crippen LogP contribution in [-0.2, 0) is 16.6 Å². The number of ether oxygens (including phenoxy) is 1. The molecule has 2 aromatic rings. The van der Waals surface area contributed by atoms with Crippen LogP contribution in [0.5, 0.6) is 5.75 Å². The van der Waals surface area contributed by atoms with Crippen molar-refractivity contribution in [2.24, 2.45) is 11.8 Å². The van der Waals surface area contributed by atoms with Gasteiger partial charge >= 0.3 is 0 Å². The minimum atomic E-state index is -3.85. The molecule has 1 aromatic heterocycles. The molecule has 0 spiro atoms. The van der Waals surface area contributed by atoms with Crippen molar-refractivity contribution in [2.75, 3.05) is 26.7 Å². The van der Waals surface area contributed by atoms with Gasteiger partial charge in [0.25, 0.3) is 0 Å². The Labute approximate surface area is 202 Å². The quantitative estimate of drug-likeness (QED) is 0.628. The van der Waals surface area contributed by atoms with Gasteiger partial charge in [0, 0.05) is 61.0 Å². The summed E-state index contributed by atoms with van der Waals surface area (Å²) in [4.78, 5) is 10.4. The highest BCUT2D eigenvalue weighted by atomic mass is 32.2. The number of benzene rings is 1. The Morgan fingerprint density at radius 3 is 2.71 bits per heavy atom. The van der Waals surface area contributed by atoms with Gasteiger partial charge in [-0.25, -0.2) is 18.4 Å². The number of hydrogen-bond donors (Lipinski definition) is 1. The lowest BCUT2D eigenvalue weighted by molar-refractivity contribution is 0.0733. The third kappa shape index (κ3) is 5.76. The Morgan fingerprint density at radius 1 is 1.29 bits per heavy atom. The van der Waals surface area contributed by atoms with Gasteiger partial charge < -0.3 is 9.84 Å². The molecule has 1 aliphatic heterocycles. The van der Waals surface area contributed by atoms with Gasteiger partial charge in [0.05, 0.1) is 6.61 Å². The molecule has 0 bridgehead atoms. The Kier molecular flexibility index (Phi) is 7.53. The molecule has 0 saturated heterocycles. The summed E-state index contributed by atoms with van der Waals surface area (Å²) in [6, 6.07) is 4.50. The first-order valence-electron chi connectivity index (χ1n) is 11.6. The van der Waals surface area contributed by atoms with Crippen molar-refractivity contribution in [3.8, 4) is 17.6 Å². The Morgan fingerprint density at radius 2 is 2.03 bits per heavy atom. The topological polar surface area (TPSA) is 95.9 Å². The summed E-state index contributed by atoms with van der Waals surface area (Å²) >= 11 is 0. The van der Waals surface area contributed by atoms with E-state index >= 15 is 0 Å². The van der Waals surface area contributed by atoms with E-state index in [9.17, 15) is 13.5 Å². The maximum atomic E-state index is 13.6. The molecule has 34 heavy (non-hydrogen) atoms. The molecule has 2 aliphatic rings. The van der Waals surface area contributed by atoms with Gasteiger partial charge in [-0.15, -0.1) is 0 Å². The predicted octanol–water partition coefficient (Wildman–Crippen LogP) is 2.14. The highest BCUT2D eigenvalue weighted by Gasteiger charge is 2.38. The number of fused-ring (bicyclic) bond motifs is 1. The van der Waals surface area contributed by atoms with Gasteiger partial charge in [-0.05, 0) is 45.0 Å². The smallest absolute Gasteiger partial charge is 0.247 e. The first-order valence-corrected chi connectivity index (χ1v) is 13.1. The fourth-order valence-electron chi connectivity index (χ4n) is 4.03. The van der Waals surface area contributed by atoms with E-state index in [1.807, 2.05) is 14.0 Å². The summed E-state index contributed by atoms with van der Waals surface area (Å²) < 4.78 is 34.9. The van der Waals surface area contributed by atoms with E-state index in [-0.39, 0.29) is 30.1 Å². The van der Waals surface area contributed by atoms with Crippen molar-refractivity contribution in [2.45, 2.75) is 50.3 Å². The number of likely N-dealkylation sites (N-methyl/N-ethyl adjacent to an activating group) is 1. The van der Waals surface area contributed by atoms with Gasteiger partial charge in [-0.1, -0.05) is 18.8 Å². The van der Waals surface area contributed by atoms with Crippen molar-refractivity contribution >= 4 is 10.0 Å². The molecule has 1 saturated carbocycles. The molecule has 8 nitrogen and oxygen atoms in total. The molecule has 182 valence electrons. The Hall–Kier alpha value is -2.51. The Bertz CT molecular complexity index is 1160. The molecule has 1 aliphatic carbocycles. The molecule has 3 atom stereocenters. The minimum absolute atomic E-state index is 0.112. The average Bonchev–Trinajstić information content (AvgIpc) is 3.64. The zero-order valence-corrected chi connectivity index (χ0v) is 20.7.